The van der Waals surface area contributed by atoms with Gasteiger partial charge in [-0.25, -0.2) is 0 Å². The lowest BCUT2D eigenvalue weighted by atomic mass is 10.2. The van der Waals surface area contributed by atoms with Crippen molar-refractivity contribution in [2.45, 2.75) is 13.0 Å². The highest BCUT2D eigenvalue weighted by Crippen LogP contribution is 2.35. The van der Waals surface area contributed by atoms with E-state index in [4.69, 9.17) is 10.5 Å². The predicted molar refractivity (Wildman–Crippen MR) is 74.9 cm³/mol. The fourth-order valence-corrected chi connectivity index (χ4v) is 1.80. The van der Waals surface area contributed by atoms with Gasteiger partial charge in [-0.1, -0.05) is 0 Å². The molecule has 0 fully saturated rings. The number of amides is 2. The molecule has 7 heteroatoms. The lowest BCUT2D eigenvalue weighted by molar-refractivity contribution is -0.125. The summed E-state index contributed by atoms with van der Waals surface area (Å²) >= 11 is 0. The summed E-state index contributed by atoms with van der Waals surface area (Å²) in [5, 5.41) is 2.63. The van der Waals surface area contributed by atoms with Crippen LogP contribution in [0, 0.1) is 0 Å². The van der Waals surface area contributed by atoms with Gasteiger partial charge in [-0.3, -0.25) is 9.59 Å². The molecule has 0 spiro atoms. The second-order valence-corrected chi connectivity index (χ2v) is 4.09. The summed E-state index contributed by atoms with van der Waals surface area (Å²) in [4.78, 5) is 24.5. The minimum atomic E-state index is -0.494. The second kappa shape index (κ2) is 5.90. The summed E-state index contributed by atoms with van der Waals surface area (Å²) < 4.78 is 5.47. The van der Waals surface area contributed by atoms with Gasteiger partial charge in [-0.15, -0.1) is 12.4 Å². The first kappa shape index (κ1) is 15.3. The van der Waals surface area contributed by atoms with Gasteiger partial charge in [0, 0.05) is 12.7 Å². The number of rotatable bonds is 2. The van der Waals surface area contributed by atoms with Crippen LogP contribution in [0.4, 0.5) is 11.4 Å². The number of carbonyl (C=O) groups is 2. The summed E-state index contributed by atoms with van der Waals surface area (Å²) in [6.07, 6.45) is -0.494. The van der Waals surface area contributed by atoms with Gasteiger partial charge in [0.05, 0.1) is 12.2 Å². The maximum Gasteiger partial charge on any atom is 0.267 e. The van der Waals surface area contributed by atoms with E-state index in [2.05, 4.69) is 5.32 Å². The molecule has 1 aromatic carbocycles. The number of halogens is 1. The molecule has 1 aromatic rings. The van der Waals surface area contributed by atoms with Crippen molar-refractivity contribution in [1.29, 1.82) is 0 Å². The van der Waals surface area contributed by atoms with E-state index >= 15 is 0 Å². The number of ether oxygens (including phenoxy) is 1. The SMILES string of the molecule is CC1Oc2ccc(NC(=O)CN)cc2N(C)C1=O.Cl. The molecule has 1 unspecified atom stereocenters. The molecule has 1 atom stereocenters. The number of carbonyl (C=O) groups excluding carboxylic acids is 2. The van der Waals surface area contributed by atoms with E-state index in [0.717, 1.165) is 0 Å². The largest absolute Gasteiger partial charge is 0.479 e. The van der Waals surface area contributed by atoms with E-state index in [-0.39, 0.29) is 30.8 Å². The van der Waals surface area contributed by atoms with Gasteiger partial charge < -0.3 is 20.7 Å². The summed E-state index contributed by atoms with van der Waals surface area (Å²) in [5.41, 5.74) is 6.44. The van der Waals surface area contributed by atoms with Crippen molar-refractivity contribution in [2.75, 3.05) is 23.8 Å². The highest BCUT2D eigenvalue weighted by atomic mass is 35.5. The first-order valence-corrected chi connectivity index (χ1v) is 5.61. The summed E-state index contributed by atoms with van der Waals surface area (Å²) in [6.45, 7) is 1.62. The number of anilines is 2. The number of hydrogen-bond donors (Lipinski definition) is 2. The number of benzene rings is 1. The van der Waals surface area contributed by atoms with Crippen LogP contribution in [0.15, 0.2) is 18.2 Å². The lowest BCUT2D eigenvalue weighted by Crippen LogP contribution is -2.42. The molecule has 2 rings (SSSR count). The first-order valence-electron chi connectivity index (χ1n) is 5.61. The molecular formula is C12H16ClN3O3. The fraction of sp³-hybridized carbons (Fsp3) is 0.333. The van der Waals surface area contributed by atoms with Crippen LogP contribution < -0.4 is 20.7 Å². The van der Waals surface area contributed by atoms with Gasteiger partial charge in [0.1, 0.15) is 5.75 Å². The van der Waals surface area contributed by atoms with Crippen molar-refractivity contribution >= 4 is 35.6 Å². The van der Waals surface area contributed by atoms with Gasteiger partial charge in [0.25, 0.3) is 5.91 Å². The number of nitrogens with two attached hydrogens (primary N) is 1. The van der Waals surface area contributed by atoms with Crippen molar-refractivity contribution in [3.05, 3.63) is 18.2 Å². The van der Waals surface area contributed by atoms with Crippen molar-refractivity contribution in [3.8, 4) is 5.75 Å². The second-order valence-electron chi connectivity index (χ2n) is 4.09. The Hall–Kier alpha value is -1.79. The van der Waals surface area contributed by atoms with Crippen molar-refractivity contribution in [3.63, 3.8) is 0 Å². The van der Waals surface area contributed by atoms with Crippen LogP contribution in [0.5, 0.6) is 5.75 Å². The van der Waals surface area contributed by atoms with Gasteiger partial charge in [0.15, 0.2) is 6.10 Å². The molecule has 0 radical (unpaired) electrons. The monoisotopic (exact) mass is 285 g/mol. The lowest BCUT2D eigenvalue weighted by Gasteiger charge is -2.30. The minimum Gasteiger partial charge on any atom is -0.479 e. The minimum absolute atomic E-state index is 0. The van der Waals surface area contributed by atoms with Gasteiger partial charge in [-0.05, 0) is 25.1 Å². The van der Waals surface area contributed by atoms with Gasteiger partial charge in [0.2, 0.25) is 5.91 Å². The summed E-state index contributed by atoms with van der Waals surface area (Å²) in [5.74, 6) is 0.217. The molecule has 0 aliphatic carbocycles. The fourth-order valence-electron chi connectivity index (χ4n) is 1.80. The Kier molecular flexibility index (Phi) is 4.74. The van der Waals surface area contributed by atoms with E-state index < -0.39 is 6.10 Å². The predicted octanol–water partition coefficient (Wildman–Crippen LogP) is 0.749. The molecule has 1 aliphatic heterocycles. The van der Waals surface area contributed by atoms with Crippen LogP contribution in [0.3, 0.4) is 0 Å². The normalized spacial score (nSPS) is 17.1. The molecule has 1 heterocycles. The third-order valence-corrected chi connectivity index (χ3v) is 2.77. The Labute approximate surface area is 117 Å². The standard InChI is InChI=1S/C12H15N3O3.ClH/c1-7-12(17)15(2)9-5-8(14-11(16)6-13)3-4-10(9)18-7;/h3-5,7H,6,13H2,1-2H3,(H,14,16);1H. The molecule has 19 heavy (non-hydrogen) atoms. The van der Waals surface area contributed by atoms with Crippen LogP contribution in [-0.2, 0) is 9.59 Å². The third kappa shape index (κ3) is 2.97. The van der Waals surface area contributed by atoms with Crippen molar-refractivity contribution in [1.82, 2.24) is 0 Å². The maximum atomic E-state index is 11.8. The average molecular weight is 286 g/mol. The zero-order valence-electron chi connectivity index (χ0n) is 10.7. The van der Waals surface area contributed by atoms with E-state index in [1.807, 2.05) is 0 Å². The van der Waals surface area contributed by atoms with E-state index in [1.165, 1.54) is 4.90 Å². The highest BCUT2D eigenvalue weighted by molar-refractivity contribution is 6.00. The molecule has 1 aliphatic rings. The van der Waals surface area contributed by atoms with Crippen molar-refractivity contribution < 1.29 is 14.3 Å². The molecule has 0 saturated heterocycles. The maximum absolute atomic E-state index is 11.8. The average Bonchev–Trinajstić information content (AvgIpc) is 2.37. The van der Waals surface area contributed by atoms with E-state index in [1.54, 1.807) is 32.2 Å². The Morgan fingerprint density at radius 1 is 1.53 bits per heavy atom. The molecular weight excluding hydrogens is 270 g/mol. The summed E-state index contributed by atoms with van der Waals surface area (Å²) in [7, 11) is 1.68. The Morgan fingerprint density at radius 2 is 2.21 bits per heavy atom. The molecule has 6 nitrogen and oxygen atoms in total. The van der Waals surface area contributed by atoms with Gasteiger partial charge >= 0.3 is 0 Å². The zero-order chi connectivity index (χ0) is 13.3. The molecule has 0 aromatic heterocycles. The topological polar surface area (TPSA) is 84.7 Å². The number of nitrogens with zero attached hydrogens (tertiary/aromatic N) is 1. The molecule has 3 N–H and O–H groups in total. The highest BCUT2D eigenvalue weighted by Gasteiger charge is 2.28. The van der Waals surface area contributed by atoms with E-state index in [0.29, 0.717) is 17.1 Å². The molecule has 2 amide bonds. The third-order valence-electron chi connectivity index (χ3n) is 2.77. The Morgan fingerprint density at radius 3 is 2.84 bits per heavy atom. The van der Waals surface area contributed by atoms with Crippen LogP contribution in [0.1, 0.15) is 6.92 Å². The number of hydrogen-bond acceptors (Lipinski definition) is 4. The quantitative estimate of drug-likeness (QED) is 0.840. The van der Waals surface area contributed by atoms with Crippen LogP contribution in [0.2, 0.25) is 0 Å². The Balaban J connectivity index is 0.00000180. The number of likely N-dealkylation sites (N-methyl/N-ethyl adjacent to an activating group) is 1. The Bertz CT molecular complexity index is 507. The summed E-state index contributed by atoms with van der Waals surface area (Å²) in [6, 6.07) is 5.12. The van der Waals surface area contributed by atoms with Gasteiger partial charge in [-0.2, -0.15) is 0 Å². The van der Waals surface area contributed by atoms with Crippen molar-refractivity contribution in [2.24, 2.45) is 5.73 Å². The molecule has 104 valence electrons. The number of nitrogens with one attached hydrogen (secondary N) is 1. The first-order chi connectivity index (χ1) is 8.52. The van der Waals surface area contributed by atoms with Crippen LogP contribution in [0.25, 0.3) is 0 Å². The van der Waals surface area contributed by atoms with E-state index in [9.17, 15) is 9.59 Å². The molecule has 0 saturated carbocycles. The smallest absolute Gasteiger partial charge is 0.267 e. The van der Waals surface area contributed by atoms with Crippen LogP contribution >= 0.6 is 12.4 Å². The molecule has 0 bridgehead atoms. The van der Waals surface area contributed by atoms with Crippen LogP contribution in [-0.4, -0.2) is 31.5 Å². The zero-order valence-corrected chi connectivity index (χ0v) is 11.5. The number of fused-ring (bicyclic) bond motifs is 1.